The van der Waals surface area contributed by atoms with Crippen LogP contribution < -0.4 is 0 Å². The summed E-state index contributed by atoms with van der Waals surface area (Å²) in [7, 11) is 1.85. The monoisotopic (exact) mass is 405 g/mol. The summed E-state index contributed by atoms with van der Waals surface area (Å²) in [5.41, 5.74) is 5.89. The molecule has 1 aliphatic rings. The Bertz CT molecular complexity index is 1220. The van der Waals surface area contributed by atoms with Crippen LogP contribution in [0.2, 0.25) is 0 Å². The van der Waals surface area contributed by atoms with Gasteiger partial charge in [-0.25, -0.2) is 9.67 Å². The van der Waals surface area contributed by atoms with E-state index in [0.29, 0.717) is 12.2 Å². The molecule has 0 spiro atoms. The molecule has 0 saturated heterocycles. The molecule has 6 nitrogen and oxygen atoms in total. The Balaban J connectivity index is 1.48. The summed E-state index contributed by atoms with van der Waals surface area (Å²) < 4.78 is 4.06. The third kappa shape index (κ3) is 2.97. The summed E-state index contributed by atoms with van der Waals surface area (Å²) in [5.74, 6) is -0.0286. The van der Waals surface area contributed by atoms with Crippen molar-refractivity contribution in [2.24, 2.45) is 0 Å². The molecule has 3 aromatic heterocycles. The van der Waals surface area contributed by atoms with Gasteiger partial charge in [-0.15, -0.1) is 11.3 Å². The molecule has 0 radical (unpaired) electrons. The van der Waals surface area contributed by atoms with E-state index in [1.165, 1.54) is 10.6 Å². The van der Waals surface area contributed by atoms with Gasteiger partial charge in [0.15, 0.2) is 10.7 Å². The predicted octanol–water partition coefficient (Wildman–Crippen LogP) is 3.96. The fourth-order valence-electron chi connectivity index (χ4n) is 4.17. The maximum atomic E-state index is 13.4. The molecule has 0 N–H and O–H groups in total. The van der Waals surface area contributed by atoms with Crippen molar-refractivity contribution in [1.82, 2.24) is 24.1 Å². The minimum Gasteiger partial charge on any atom is -0.334 e. The molecular weight excluding hydrogens is 382 g/mol. The fraction of sp³-hybridized carbons (Fsp3) is 0.318. The molecular formula is C22H23N5OS. The zero-order valence-corrected chi connectivity index (χ0v) is 17.7. The fourth-order valence-corrected chi connectivity index (χ4v) is 5.06. The lowest BCUT2D eigenvalue weighted by Gasteiger charge is -2.16. The van der Waals surface area contributed by atoms with Gasteiger partial charge in [0, 0.05) is 29.4 Å². The number of rotatable bonds is 4. The van der Waals surface area contributed by atoms with E-state index in [2.05, 4.69) is 22.5 Å². The minimum absolute atomic E-state index is 0.0286. The molecule has 148 valence electrons. The van der Waals surface area contributed by atoms with Crippen LogP contribution in [0.15, 0.2) is 36.5 Å². The van der Waals surface area contributed by atoms with Crippen LogP contribution in [0.4, 0.5) is 0 Å². The zero-order valence-electron chi connectivity index (χ0n) is 16.8. The van der Waals surface area contributed by atoms with Gasteiger partial charge in [0.2, 0.25) is 0 Å². The van der Waals surface area contributed by atoms with Gasteiger partial charge in [-0.1, -0.05) is 18.2 Å². The van der Waals surface area contributed by atoms with Crippen LogP contribution in [-0.4, -0.2) is 37.0 Å². The first-order valence-corrected chi connectivity index (χ1v) is 10.7. The van der Waals surface area contributed by atoms with Crippen LogP contribution in [0.1, 0.15) is 44.4 Å². The van der Waals surface area contributed by atoms with Gasteiger partial charge >= 0.3 is 0 Å². The van der Waals surface area contributed by atoms with Gasteiger partial charge in [0.1, 0.15) is 0 Å². The number of imidazole rings is 1. The summed E-state index contributed by atoms with van der Waals surface area (Å²) in [5, 5.41) is 4.75. The number of carbonyl (C=O) groups is 1. The van der Waals surface area contributed by atoms with Gasteiger partial charge in [-0.2, -0.15) is 5.10 Å². The van der Waals surface area contributed by atoms with E-state index >= 15 is 0 Å². The number of hydrogen-bond acceptors (Lipinski definition) is 4. The Labute approximate surface area is 173 Å². The smallest absolute Gasteiger partial charge is 0.274 e. The molecule has 4 aromatic rings. The first kappa shape index (κ1) is 18.1. The second-order valence-electron chi connectivity index (χ2n) is 7.67. The highest BCUT2D eigenvalue weighted by molar-refractivity contribution is 7.17. The van der Waals surface area contributed by atoms with E-state index in [-0.39, 0.29) is 5.91 Å². The van der Waals surface area contributed by atoms with Crippen molar-refractivity contribution < 1.29 is 4.79 Å². The van der Waals surface area contributed by atoms with Crippen molar-refractivity contribution in [2.75, 3.05) is 7.05 Å². The molecule has 7 heteroatoms. The first-order valence-electron chi connectivity index (χ1n) is 9.88. The molecule has 1 aliphatic carbocycles. The number of aryl methyl sites for hydroxylation is 2. The molecule has 0 aliphatic heterocycles. The lowest BCUT2D eigenvalue weighted by Crippen LogP contribution is -2.28. The highest BCUT2D eigenvalue weighted by Crippen LogP contribution is 2.29. The molecule has 29 heavy (non-hydrogen) atoms. The van der Waals surface area contributed by atoms with E-state index in [9.17, 15) is 4.79 Å². The molecule has 0 fully saturated rings. The Hall–Kier alpha value is -2.93. The van der Waals surface area contributed by atoms with Crippen molar-refractivity contribution >= 4 is 22.2 Å². The van der Waals surface area contributed by atoms with Crippen LogP contribution in [-0.2, 0) is 19.4 Å². The van der Waals surface area contributed by atoms with Gasteiger partial charge < -0.3 is 4.90 Å². The lowest BCUT2D eigenvalue weighted by molar-refractivity contribution is 0.0775. The molecule has 1 amide bonds. The zero-order chi connectivity index (χ0) is 20.1. The highest BCUT2D eigenvalue weighted by atomic mass is 32.1. The molecule has 0 bridgehead atoms. The molecule has 0 unspecified atom stereocenters. The van der Waals surface area contributed by atoms with Crippen LogP contribution in [0, 0.1) is 13.8 Å². The summed E-state index contributed by atoms with van der Waals surface area (Å²) in [6, 6.07) is 10.1. The van der Waals surface area contributed by atoms with Crippen molar-refractivity contribution in [3.05, 3.63) is 69.7 Å². The van der Waals surface area contributed by atoms with Crippen molar-refractivity contribution in [1.29, 1.82) is 0 Å². The number of carbonyl (C=O) groups excluding carboxylic acids is 1. The maximum Gasteiger partial charge on any atom is 0.274 e. The normalized spacial score (nSPS) is 13.2. The van der Waals surface area contributed by atoms with E-state index in [1.54, 1.807) is 16.2 Å². The number of para-hydroxylation sites is 1. The Kier molecular flexibility index (Phi) is 4.28. The second-order valence-corrected chi connectivity index (χ2v) is 8.89. The topological polar surface area (TPSA) is 55.4 Å². The number of thiazole rings is 1. The molecule has 0 atom stereocenters. The second kappa shape index (κ2) is 6.84. The van der Waals surface area contributed by atoms with Crippen molar-refractivity contribution in [2.45, 2.75) is 39.7 Å². The van der Waals surface area contributed by atoms with Gasteiger partial charge in [-0.3, -0.25) is 9.20 Å². The van der Waals surface area contributed by atoms with Crippen molar-refractivity contribution in [3.63, 3.8) is 0 Å². The standard InChI is InChI=1S/C22H23N5OS/c1-14-12-26-19(15(2)23-22(26)29-14)13-25(3)21(28)20-17-10-7-11-18(17)27(24-20)16-8-5-4-6-9-16/h4-6,8-9,12H,7,10-11,13H2,1-3H3. The third-order valence-corrected chi connectivity index (χ3v) is 6.51. The average molecular weight is 406 g/mol. The van der Waals surface area contributed by atoms with Crippen LogP contribution in [0.3, 0.4) is 0 Å². The quantitative estimate of drug-likeness (QED) is 0.516. The number of fused-ring (bicyclic) bond motifs is 2. The number of amides is 1. The number of benzene rings is 1. The van der Waals surface area contributed by atoms with E-state index in [4.69, 9.17) is 5.10 Å². The molecule has 3 heterocycles. The molecule has 0 saturated carbocycles. The summed E-state index contributed by atoms with van der Waals surface area (Å²) in [6.45, 7) is 4.59. The van der Waals surface area contributed by atoms with Crippen molar-refractivity contribution in [3.8, 4) is 5.69 Å². The summed E-state index contributed by atoms with van der Waals surface area (Å²) in [6.07, 6.45) is 5.04. The predicted molar refractivity (Wildman–Crippen MR) is 114 cm³/mol. The summed E-state index contributed by atoms with van der Waals surface area (Å²) in [4.78, 5) is 21.9. The van der Waals surface area contributed by atoms with Gasteiger partial charge in [-0.05, 0) is 45.2 Å². The van der Waals surface area contributed by atoms with Crippen LogP contribution in [0.5, 0.6) is 0 Å². The largest absolute Gasteiger partial charge is 0.334 e. The summed E-state index contributed by atoms with van der Waals surface area (Å²) >= 11 is 1.67. The highest BCUT2D eigenvalue weighted by Gasteiger charge is 2.29. The van der Waals surface area contributed by atoms with Crippen LogP contribution >= 0.6 is 11.3 Å². The lowest BCUT2D eigenvalue weighted by atomic mass is 10.2. The average Bonchev–Trinajstić information content (AvgIpc) is 3.45. The minimum atomic E-state index is -0.0286. The SMILES string of the molecule is Cc1cn2c(CN(C)C(=O)c3nn(-c4ccccc4)c4c3CCC4)c(C)nc2s1. The first-order chi connectivity index (χ1) is 14.0. The van der Waals surface area contributed by atoms with E-state index in [0.717, 1.165) is 46.9 Å². The Morgan fingerprint density at radius 3 is 2.79 bits per heavy atom. The van der Waals surface area contributed by atoms with E-state index in [1.807, 2.05) is 49.0 Å². The van der Waals surface area contributed by atoms with E-state index < -0.39 is 0 Å². The third-order valence-electron chi connectivity index (χ3n) is 5.61. The maximum absolute atomic E-state index is 13.4. The van der Waals surface area contributed by atoms with Gasteiger partial charge in [0.25, 0.3) is 5.91 Å². The molecule has 1 aromatic carbocycles. The number of aromatic nitrogens is 4. The van der Waals surface area contributed by atoms with Gasteiger partial charge in [0.05, 0.1) is 23.6 Å². The van der Waals surface area contributed by atoms with Crippen LogP contribution in [0.25, 0.3) is 10.6 Å². The number of hydrogen-bond donors (Lipinski definition) is 0. The number of nitrogens with zero attached hydrogens (tertiary/aromatic N) is 5. The molecule has 5 rings (SSSR count). The Morgan fingerprint density at radius 2 is 2.00 bits per heavy atom. The Morgan fingerprint density at radius 1 is 1.21 bits per heavy atom.